The molecule has 31 heavy (non-hydrogen) atoms. The van der Waals surface area contributed by atoms with Gasteiger partial charge >= 0.3 is 5.97 Å². The molecule has 6 nitrogen and oxygen atoms in total. The van der Waals surface area contributed by atoms with Crippen LogP contribution in [0.5, 0.6) is 0 Å². The highest BCUT2D eigenvalue weighted by molar-refractivity contribution is 8.00. The van der Waals surface area contributed by atoms with Crippen LogP contribution in [0.1, 0.15) is 33.6 Å². The molecule has 1 aliphatic rings. The van der Waals surface area contributed by atoms with Gasteiger partial charge in [0.2, 0.25) is 0 Å². The van der Waals surface area contributed by atoms with Crippen molar-refractivity contribution in [3.8, 4) is 0 Å². The summed E-state index contributed by atoms with van der Waals surface area (Å²) in [5.74, 6) is -0.237. The second-order valence-electron chi connectivity index (χ2n) is 6.96. The fourth-order valence-corrected chi connectivity index (χ4v) is 4.99. The molecule has 1 aromatic heterocycles. The number of hydrazone groups is 1. The van der Waals surface area contributed by atoms with E-state index < -0.39 is 5.97 Å². The average Bonchev–Trinajstić information content (AvgIpc) is 3.46. The van der Waals surface area contributed by atoms with Gasteiger partial charge in [0.1, 0.15) is 4.34 Å². The summed E-state index contributed by atoms with van der Waals surface area (Å²) in [7, 11) is 0. The predicted octanol–water partition coefficient (Wildman–Crippen LogP) is 4.54. The molecule has 8 heteroatoms. The molecule has 4 rings (SSSR count). The molecule has 2 heterocycles. The quantitative estimate of drug-likeness (QED) is 0.390. The molecule has 0 fully saturated rings. The zero-order valence-electron chi connectivity index (χ0n) is 17.0. The van der Waals surface area contributed by atoms with Crippen LogP contribution < -0.4 is 0 Å². The highest BCUT2D eigenvalue weighted by Crippen LogP contribution is 2.27. The van der Waals surface area contributed by atoms with Crippen LogP contribution in [0, 0.1) is 6.92 Å². The van der Waals surface area contributed by atoms with Crippen molar-refractivity contribution < 1.29 is 14.3 Å². The SMILES string of the molecule is Cc1csc(SCc2ccccc2C(=O)OCC(=O)N2CCC(c3ccccc3)=N2)n1. The molecule has 0 atom stereocenters. The minimum absolute atomic E-state index is 0.329. The largest absolute Gasteiger partial charge is 0.452 e. The minimum atomic E-state index is -0.508. The summed E-state index contributed by atoms with van der Waals surface area (Å²) in [6.07, 6.45) is 0.681. The number of carbonyl (C=O) groups excluding carboxylic acids is 2. The van der Waals surface area contributed by atoms with Gasteiger partial charge in [-0.2, -0.15) is 5.10 Å². The van der Waals surface area contributed by atoms with Gasteiger partial charge in [-0.05, 0) is 24.1 Å². The summed E-state index contributed by atoms with van der Waals surface area (Å²) < 4.78 is 6.27. The Morgan fingerprint density at radius 2 is 1.90 bits per heavy atom. The van der Waals surface area contributed by atoms with E-state index in [0.717, 1.165) is 26.9 Å². The first-order valence-corrected chi connectivity index (χ1v) is 11.7. The van der Waals surface area contributed by atoms with Crippen molar-refractivity contribution in [2.45, 2.75) is 23.4 Å². The van der Waals surface area contributed by atoms with Crippen molar-refractivity contribution >= 4 is 40.7 Å². The summed E-state index contributed by atoms with van der Waals surface area (Å²) in [4.78, 5) is 29.6. The topological polar surface area (TPSA) is 71.9 Å². The summed E-state index contributed by atoms with van der Waals surface area (Å²) in [5, 5.41) is 7.77. The zero-order chi connectivity index (χ0) is 21.6. The maximum Gasteiger partial charge on any atom is 0.338 e. The molecule has 0 unspecified atom stereocenters. The lowest BCUT2D eigenvalue weighted by molar-refractivity contribution is -0.134. The van der Waals surface area contributed by atoms with Crippen LogP contribution in [-0.4, -0.2) is 40.7 Å². The molecule has 1 amide bonds. The minimum Gasteiger partial charge on any atom is -0.452 e. The summed E-state index contributed by atoms with van der Waals surface area (Å²) in [6, 6.07) is 17.0. The van der Waals surface area contributed by atoms with Crippen LogP contribution in [-0.2, 0) is 15.3 Å². The van der Waals surface area contributed by atoms with Gasteiger partial charge in [0.05, 0.1) is 17.8 Å². The van der Waals surface area contributed by atoms with Gasteiger partial charge in [0.15, 0.2) is 6.61 Å². The number of hydrogen-bond donors (Lipinski definition) is 0. The Balaban J connectivity index is 1.35. The van der Waals surface area contributed by atoms with Crippen LogP contribution in [0.4, 0.5) is 0 Å². The molecule has 2 aromatic carbocycles. The van der Waals surface area contributed by atoms with Crippen molar-refractivity contribution in [3.63, 3.8) is 0 Å². The third-order valence-corrected chi connectivity index (χ3v) is 6.90. The lowest BCUT2D eigenvalue weighted by Gasteiger charge is -2.12. The van der Waals surface area contributed by atoms with Gasteiger partial charge in [0, 0.05) is 23.2 Å². The van der Waals surface area contributed by atoms with Crippen molar-refractivity contribution in [1.82, 2.24) is 9.99 Å². The molecule has 0 bridgehead atoms. The third kappa shape index (κ3) is 5.39. The second-order valence-corrected chi connectivity index (χ2v) is 9.04. The molecule has 158 valence electrons. The number of aryl methyl sites for hydroxylation is 1. The molecule has 0 saturated carbocycles. The zero-order valence-corrected chi connectivity index (χ0v) is 18.6. The van der Waals surface area contributed by atoms with Crippen molar-refractivity contribution in [1.29, 1.82) is 0 Å². The molecule has 0 spiro atoms. The van der Waals surface area contributed by atoms with E-state index in [1.54, 1.807) is 35.2 Å². The normalized spacial score (nSPS) is 13.2. The van der Waals surface area contributed by atoms with E-state index in [-0.39, 0.29) is 12.5 Å². The first kappa shape index (κ1) is 21.3. The van der Waals surface area contributed by atoms with Crippen molar-refractivity contribution in [2.75, 3.05) is 13.2 Å². The Morgan fingerprint density at radius 1 is 1.13 bits per heavy atom. The molecule has 0 N–H and O–H groups in total. The summed E-state index contributed by atoms with van der Waals surface area (Å²) in [5.41, 5.74) is 4.16. The van der Waals surface area contributed by atoms with Gasteiger partial charge in [-0.3, -0.25) is 4.79 Å². The summed E-state index contributed by atoms with van der Waals surface area (Å²) >= 11 is 3.16. The van der Waals surface area contributed by atoms with E-state index in [0.29, 0.717) is 24.3 Å². The van der Waals surface area contributed by atoms with Crippen LogP contribution in [0.2, 0.25) is 0 Å². The van der Waals surface area contributed by atoms with Crippen LogP contribution in [0.25, 0.3) is 0 Å². The number of ether oxygens (including phenoxy) is 1. The molecule has 0 aliphatic carbocycles. The highest BCUT2D eigenvalue weighted by Gasteiger charge is 2.23. The lowest BCUT2D eigenvalue weighted by Crippen LogP contribution is -2.29. The molecular formula is C23H21N3O3S2. The number of thioether (sulfide) groups is 1. The number of nitrogens with zero attached hydrogens (tertiary/aromatic N) is 3. The number of rotatable bonds is 7. The number of benzene rings is 2. The van der Waals surface area contributed by atoms with E-state index in [2.05, 4.69) is 10.1 Å². The Kier molecular flexibility index (Phi) is 6.79. The molecule has 3 aromatic rings. The number of aromatic nitrogens is 1. The number of carbonyl (C=O) groups is 2. The number of amides is 1. The smallest absolute Gasteiger partial charge is 0.338 e. The number of thiazole rings is 1. The van der Waals surface area contributed by atoms with Crippen LogP contribution in [0.15, 0.2) is 69.4 Å². The van der Waals surface area contributed by atoms with E-state index >= 15 is 0 Å². The predicted molar refractivity (Wildman–Crippen MR) is 122 cm³/mol. The Hall–Kier alpha value is -2.97. The van der Waals surface area contributed by atoms with Gasteiger partial charge in [0.25, 0.3) is 5.91 Å². The average molecular weight is 452 g/mol. The van der Waals surface area contributed by atoms with Gasteiger partial charge in [-0.15, -0.1) is 11.3 Å². The monoisotopic (exact) mass is 451 g/mol. The van der Waals surface area contributed by atoms with E-state index in [1.165, 1.54) is 5.01 Å². The number of hydrogen-bond acceptors (Lipinski definition) is 7. The van der Waals surface area contributed by atoms with Gasteiger partial charge < -0.3 is 4.74 Å². The van der Waals surface area contributed by atoms with E-state index in [1.807, 2.05) is 54.8 Å². The fourth-order valence-electron chi connectivity index (χ4n) is 3.13. The maximum atomic E-state index is 12.6. The fraction of sp³-hybridized carbons (Fsp3) is 0.217. The first-order valence-electron chi connectivity index (χ1n) is 9.83. The van der Waals surface area contributed by atoms with Crippen LogP contribution >= 0.6 is 23.1 Å². The van der Waals surface area contributed by atoms with Crippen molar-refractivity contribution in [2.24, 2.45) is 5.10 Å². The van der Waals surface area contributed by atoms with Gasteiger partial charge in [-0.1, -0.05) is 60.3 Å². The van der Waals surface area contributed by atoms with Crippen molar-refractivity contribution in [3.05, 3.63) is 82.4 Å². The Morgan fingerprint density at radius 3 is 2.68 bits per heavy atom. The standard InChI is InChI=1S/C23H21N3O3S2/c1-16-14-30-23(24-16)31-15-18-9-5-6-10-19(18)22(28)29-13-21(27)26-12-11-20(25-26)17-7-3-2-4-8-17/h2-10,14H,11-13,15H2,1H3. The second kappa shape index (κ2) is 9.89. The van der Waals surface area contributed by atoms with Gasteiger partial charge in [-0.25, -0.2) is 14.8 Å². The Bertz CT molecular complexity index is 1110. The lowest BCUT2D eigenvalue weighted by atomic mass is 10.1. The first-order chi connectivity index (χ1) is 15.1. The highest BCUT2D eigenvalue weighted by atomic mass is 32.2. The maximum absolute atomic E-state index is 12.6. The molecule has 0 radical (unpaired) electrons. The molecule has 1 aliphatic heterocycles. The number of esters is 1. The van der Waals surface area contributed by atoms with E-state index in [9.17, 15) is 9.59 Å². The third-order valence-electron chi connectivity index (χ3n) is 4.71. The molecule has 0 saturated heterocycles. The summed E-state index contributed by atoms with van der Waals surface area (Å²) in [6.45, 7) is 2.11. The van der Waals surface area contributed by atoms with Crippen LogP contribution in [0.3, 0.4) is 0 Å². The Labute approximate surface area is 189 Å². The van der Waals surface area contributed by atoms with E-state index in [4.69, 9.17) is 4.74 Å². The molecular weight excluding hydrogens is 430 g/mol.